The number of esters is 2. The molecule has 1 aliphatic heterocycles. The molecule has 0 aromatic carbocycles. The second-order valence-corrected chi connectivity index (χ2v) is 8.71. The molecule has 0 spiro atoms. The van der Waals surface area contributed by atoms with Crippen molar-refractivity contribution in [2.24, 2.45) is 22.7 Å². The van der Waals surface area contributed by atoms with Crippen molar-refractivity contribution in [2.45, 2.75) is 59.0 Å². The highest BCUT2D eigenvalue weighted by molar-refractivity contribution is 5.94. The molecule has 0 bridgehead atoms. The Kier molecular flexibility index (Phi) is 5.35. The fourth-order valence-electron chi connectivity index (χ4n) is 5.71. The van der Waals surface area contributed by atoms with Gasteiger partial charge >= 0.3 is 11.9 Å². The van der Waals surface area contributed by atoms with Crippen molar-refractivity contribution < 1.29 is 24.2 Å². The molecule has 2 saturated carbocycles. The Morgan fingerprint density at radius 1 is 1.44 bits per heavy atom. The smallest absolute Gasteiger partial charge is 0.342 e. The van der Waals surface area contributed by atoms with Gasteiger partial charge in [-0.05, 0) is 55.4 Å². The summed E-state index contributed by atoms with van der Waals surface area (Å²) in [7, 11) is 0. The zero-order chi connectivity index (χ0) is 19.8. The lowest BCUT2D eigenvalue weighted by Crippen LogP contribution is -2.58. The van der Waals surface area contributed by atoms with E-state index >= 15 is 0 Å². The Morgan fingerprint density at radius 2 is 2.19 bits per heavy atom. The van der Waals surface area contributed by atoms with Crippen LogP contribution in [0.1, 0.15) is 52.9 Å². The molecule has 0 aromatic heterocycles. The van der Waals surface area contributed by atoms with Crippen LogP contribution in [0.4, 0.5) is 0 Å². The SMILES string of the molecule is C=C1CC[C@@H]2[C@](C)(CO)[C@H](OC(C)=O)CC[C@@]2(C)[C@@H]1C/C=C1\C=COC1=O. The molecule has 3 rings (SSSR count). The third kappa shape index (κ3) is 3.38. The molecular formula is C22H30O5. The van der Waals surface area contributed by atoms with Crippen LogP contribution in [-0.2, 0) is 19.1 Å². The van der Waals surface area contributed by atoms with Crippen LogP contribution in [0.3, 0.4) is 0 Å². The van der Waals surface area contributed by atoms with Crippen LogP contribution in [0, 0.1) is 22.7 Å². The molecule has 148 valence electrons. The van der Waals surface area contributed by atoms with Gasteiger partial charge < -0.3 is 14.6 Å². The van der Waals surface area contributed by atoms with Crippen molar-refractivity contribution in [3.63, 3.8) is 0 Å². The maximum absolute atomic E-state index is 11.7. The summed E-state index contributed by atoms with van der Waals surface area (Å²) in [6, 6.07) is 0. The minimum atomic E-state index is -0.475. The molecule has 1 N–H and O–H groups in total. The van der Waals surface area contributed by atoms with Crippen molar-refractivity contribution in [1.29, 1.82) is 0 Å². The molecule has 5 heteroatoms. The average molecular weight is 374 g/mol. The maximum Gasteiger partial charge on any atom is 0.342 e. The van der Waals surface area contributed by atoms with E-state index in [1.54, 1.807) is 6.08 Å². The van der Waals surface area contributed by atoms with E-state index in [1.165, 1.54) is 18.8 Å². The quantitative estimate of drug-likeness (QED) is 0.462. The Hall–Kier alpha value is -1.88. The van der Waals surface area contributed by atoms with Crippen LogP contribution in [0.2, 0.25) is 0 Å². The zero-order valence-corrected chi connectivity index (χ0v) is 16.5. The van der Waals surface area contributed by atoms with Crippen molar-refractivity contribution in [3.8, 4) is 0 Å². The van der Waals surface area contributed by atoms with Crippen molar-refractivity contribution in [3.05, 3.63) is 36.1 Å². The first kappa shape index (κ1) is 19.9. The number of carbonyl (C=O) groups excluding carboxylic acids is 2. The van der Waals surface area contributed by atoms with Gasteiger partial charge in [0.2, 0.25) is 0 Å². The lowest BCUT2D eigenvalue weighted by atomic mass is 9.46. The number of hydrogen-bond donors (Lipinski definition) is 1. The second kappa shape index (κ2) is 7.27. The number of rotatable bonds is 4. The predicted molar refractivity (Wildman–Crippen MR) is 101 cm³/mol. The third-order valence-corrected chi connectivity index (χ3v) is 7.20. The summed E-state index contributed by atoms with van der Waals surface area (Å²) in [6.07, 6.45) is 8.96. The summed E-state index contributed by atoms with van der Waals surface area (Å²) in [4.78, 5) is 23.3. The van der Waals surface area contributed by atoms with Crippen LogP contribution >= 0.6 is 0 Å². The van der Waals surface area contributed by atoms with Gasteiger partial charge in [0, 0.05) is 12.3 Å². The van der Waals surface area contributed by atoms with Gasteiger partial charge in [0.05, 0.1) is 18.4 Å². The van der Waals surface area contributed by atoms with E-state index in [4.69, 9.17) is 9.47 Å². The Labute approximate surface area is 161 Å². The molecule has 3 aliphatic rings. The van der Waals surface area contributed by atoms with Gasteiger partial charge in [-0.1, -0.05) is 32.1 Å². The fraction of sp³-hybridized carbons (Fsp3) is 0.636. The molecule has 1 heterocycles. The van der Waals surface area contributed by atoms with Gasteiger partial charge in [-0.15, -0.1) is 0 Å². The summed E-state index contributed by atoms with van der Waals surface area (Å²) in [5.74, 6) is -0.170. The molecule has 0 aromatic rings. The second-order valence-electron chi connectivity index (χ2n) is 8.71. The third-order valence-electron chi connectivity index (χ3n) is 7.20. The molecule has 0 unspecified atom stereocenters. The van der Waals surface area contributed by atoms with E-state index in [1.807, 2.05) is 13.0 Å². The molecule has 5 atom stereocenters. The molecule has 0 saturated heterocycles. The van der Waals surface area contributed by atoms with Crippen LogP contribution in [-0.4, -0.2) is 29.8 Å². The summed E-state index contributed by atoms with van der Waals surface area (Å²) < 4.78 is 10.5. The van der Waals surface area contributed by atoms with Crippen LogP contribution < -0.4 is 0 Å². The topological polar surface area (TPSA) is 72.8 Å². The van der Waals surface area contributed by atoms with Crippen molar-refractivity contribution in [1.82, 2.24) is 0 Å². The van der Waals surface area contributed by atoms with Crippen LogP contribution in [0.5, 0.6) is 0 Å². The average Bonchev–Trinajstić information content (AvgIpc) is 3.02. The Balaban J connectivity index is 1.89. The maximum atomic E-state index is 11.7. The van der Waals surface area contributed by atoms with E-state index in [0.717, 1.165) is 32.1 Å². The van der Waals surface area contributed by atoms with Gasteiger partial charge in [0.15, 0.2) is 0 Å². The highest BCUT2D eigenvalue weighted by Crippen LogP contribution is 2.62. The summed E-state index contributed by atoms with van der Waals surface area (Å²) in [5, 5.41) is 10.3. The molecule has 5 nitrogen and oxygen atoms in total. The largest absolute Gasteiger partial charge is 0.462 e. The van der Waals surface area contributed by atoms with Gasteiger partial charge in [-0.3, -0.25) is 4.79 Å². The van der Waals surface area contributed by atoms with E-state index in [2.05, 4.69) is 13.5 Å². The predicted octanol–water partition coefficient (Wildman–Crippen LogP) is 3.69. The van der Waals surface area contributed by atoms with E-state index < -0.39 is 5.41 Å². The van der Waals surface area contributed by atoms with Crippen LogP contribution in [0.25, 0.3) is 0 Å². The first-order valence-electron chi connectivity index (χ1n) is 9.76. The Morgan fingerprint density at radius 3 is 2.78 bits per heavy atom. The van der Waals surface area contributed by atoms with E-state index in [-0.39, 0.29) is 41.9 Å². The number of carbonyl (C=O) groups is 2. The summed E-state index contributed by atoms with van der Waals surface area (Å²) in [6.45, 7) is 10.1. The lowest BCUT2D eigenvalue weighted by molar-refractivity contribution is -0.185. The van der Waals surface area contributed by atoms with E-state index in [0.29, 0.717) is 5.57 Å². The number of hydrogen-bond acceptors (Lipinski definition) is 5. The summed E-state index contributed by atoms with van der Waals surface area (Å²) >= 11 is 0. The molecular weight excluding hydrogens is 344 g/mol. The zero-order valence-electron chi connectivity index (χ0n) is 16.5. The number of fused-ring (bicyclic) bond motifs is 1. The van der Waals surface area contributed by atoms with Crippen molar-refractivity contribution in [2.75, 3.05) is 6.61 Å². The van der Waals surface area contributed by atoms with Gasteiger partial charge in [0.25, 0.3) is 0 Å². The molecule has 0 amide bonds. The molecule has 0 radical (unpaired) electrons. The number of aliphatic hydroxyl groups excluding tert-OH is 1. The number of ether oxygens (including phenoxy) is 2. The number of allylic oxidation sites excluding steroid dienone is 2. The minimum Gasteiger partial charge on any atom is -0.462 e. The monoisotopic (exact) mass is 374 g/mol. The van der Waals surface area contributed by atoms with Gasteiger partial charge in [-0.2, -0.15) is 0 Å². The molecule has 27 heavy (non-hydrogen) atoms. The first-order chi connectivity index (χ1) is 12.7. The Bertz CT molecular complexity index is 705. The fourth-order valence-corrected chi connectivity index (χ4v) is 5.71. The standard InChI is InChI=1S/C22H30O5/c1-14-5-8-18-21(3,17(14)7-6-16-10-12-26-20(16)25)11-9-19(27-15(2)24)22(18,4)13-23/h6,10,12,17-19,23H,1,5,7-9,11,13H2,2-4H3/b16-6+/t17-,18+,19-,21+,22+/m1/s1. The number of aliphatic hydroxyl groups is 1. The highest BCUT2D eigenvalue weighted by atomic mass is 16.5. The van der Waals surface area contributed by atoms with E-state index in [9.17, 15) is 14.7 Å². The van der Waals surface area contributed by atoms with Gasteiger partial charge in [0.1, 0.15) is 6.10 Å². The highest BCUT2D eigenvalue weighted by Gasteiger charge is 2.58. The van der Waals surface area contributed by atoms with Crippen molar-refractivity contribution >= 4 is 11.9 Å². The molecule has 2 fully saturated rings. The molecule has 2 aliphatic carbocycles. The lowest BCUT2D eigenvalue weighted by Gasteiger charge is -2.60. The van der Waals surface area contributed by atoms with Gasteiger partial charge in [-0.25, -0.2) is 4.79 Å². The number of cyclic esters (lactones) is 1. The minimum absolute atomic E-state index is 0.0133. The normalized spacial score (nSPS) is 40.0. The summed E-state index contributed by atoms with van der Waals surface area (Å²) in [5.41, 5.74) is 1.25. The van der Waals surface area contributed by atoms with Crippen LogP contribution in [0.15, 0.2) is 36.1 Å². The first-order valence-corrected chi connectivity index (χ1v) is 9.76.